The van der Waals surface area contributed by atoms with Gasteiger partial charge in [-0.2, -0.15) is 0 Å². The van der Waals surface area contributed by atoms with Crippen molar-refractivity contribution in [2.75, 3.05) is 6.26 Å². The summed E-state index contributed by atoms with van der Waals surface area (Å²) in [6, 6.07) is 2.70. The van der Waals surface area contributed by atoms with E-state index in [1.165, 1.54) is 18.4 Å². The van der Waals surface area contributed by atoms with Crippen molar-refractivity contribution in [2.24, 2.45) is 5.92 Å². The SMILES string of the molecule is CS(=O)(=O)C1CCCC(C(O)c2ccc(F)cn2)C1. The highest BCUT2D eigenvalue weighted by Gasteiger charge is 2.33. The van der Waals surface area contributed by atoms with Gasteiger partial charge in [0.2, 0.25) is 0 Å². The molecule has 19 heavy (non-hydrogen) atoms. The van der Waals surface area contributed by atoms with Crippen molar-refractivity contribution >= 4 is 9.84 Å². The summed E-state index contributed by atoms with van der Waals surface area (Å²) in [5, 5.41) is 9.85. The Labute approximate surface area is 112 Å². The highest BCUT2D eigenvalue weighted by molar-refractivity contribution is 7.91. The predicted molar refractivity (Wildman–Crippen MR) is 69.7 cm³/mol. The van der Waals surface area contributed by atoms with Crippen molar-refractivity contribution in [1.29, 1.82) is 0 Å². The molecule has 1 aliphatic carbocycles. The van der Waals surface area contributed by atoms with Crippen LogP contribution in [-0.2, 0) is 9.84 Å². The summed E-state index contributed by atoms with van der Waals surface area (Å²) in [6.07, 6.45) is 4.12. The number of hydrogen-bond donors (Lipinski definition) is 1. The lowest BCUT2D eigenvalue weighted by Crippen LogP contribution is -2.30. The third-order valence-corrected chi connectivity index (χ3v) is 5.41. The molecule has 1 saturated carbocycles. The third-order valence-electron chi connectivity index (χ3n) is 3.77. The Morgan fingerprint density at radius 1 is 1.42 bits per heavy atom. The van der Waals surface area contributed by atoms with E-state index in [0.29, 0.717) is 18.5 Å². The van der Waals surface area contributed by atoms with Gasteiger partial charge in [0.1, 0.15) is 15.7 Å². The maximum atomic E-state index is 12.8. The van der Waals surface area contributed by atoms with E-state index in [4.69, 9.17) is 0 Å². The van der Waals surface area contributed by atoms with Crippen LogP contribution >= 0.6 is 0 Å². The summed E-state index contributed by atoms with van der Waals surface area (Å²) >= 11 is 0. The molecule has 106 valence electrons. The zero-order valence-electron chi connectivity index (χ0n) is 10.8. The van der Waals surface area contributed by atoms with E-state index >= 15 is 0 Å². The molecule has 0 aliphatic heterocycles. The molecule has 0 saturated heterocycles. The van der Waals surface area contributed by atoms with Crippen molar-refractivity contribution < 1.29 is 17.9 Å². The number of sulfone groups is 1. The van der Waals surface area contributed by atoms with Gasteiger partial charge in [-0.05, 0) is 37.3 Å². The first-order chi connectivity index (χ1) is 8.88. The Hall–Kier alpha value is -1.01. The van der Waals surface area contributed by atoms with E-state index in [1.54, 1.807) is 0 Å². The van der Waals surface area contributed by atoms with Gasteiger partial charge < -0.3 is 5.11 Å². The van der Waals surface area contributed by atoms with E-state index in [-0.39, 0.29) is 11.2 Å². The van der Waals surface area contributed by atoms with E-state index in [9.17, 15) is 17.9 Å². The van der Waals surface area contributed by atoms with E-state index in [2.05, 4.69) is 4.98 Å². The molecule has 1 aromatic heterocycles. The zero-order chi connectivity index (χ0) is 14.0. The average Bonchev–Trinajstić information content (AvgIpc) is 2.38. The molecule has 1 heterocycles. The second-order valence-electron chi connectivity index (χ2n) is 5.22. The minimum atomic E-state index is -3.07. The second-order valence-corrected chi connectivity index (χ2v) is 7.55. The molecular formula is C13H18FNO3S. The second kappa shape index (κ2) is 5.54. The van der Waals surface area contributed by atoms with Crippen LogP contribution in [0.4, 0.5) is 4.39 Å². The van der Waals surface area contributed by atoms with Crippen molar-refractivity contribution in [3.05, 3.63) is 29.8 Å². The summed E-state index contributed by atoms with van der Waals surface area (Å²) in [5.74, 6) is -0.583. The fraction of sp³-hybridized carbons (Fsp3) is 0.615. The van der Waals surface area contributed by atoms with Crippen LogP contribution < -0.4 is 0 Å². The van der Waals surface area contributed by atoms with Crippen LogP contribution in [0.2, 0.25) is 0 Å². The first-order valence-electron chi connectivity index (χ1n) is 6.36. The van der Waals surface area contributed by atoms with Crippen LogP contribution in [0, 0.1) is 11.7 Å². The van der Waals surface area contributed by atoms with Crippen molar-refractivity contribution in [1.82, 2.24) is 4.98 Å². The molecule has 6 heteroatoms. The van der Waals surface area contributed by atoms with Crippen LogP contribution in [0.1, 0.15) is 37.5 Å². The normalized spacial score (nSPS) is 26.1. The monoisotopic (exact) mass is 287 g/mol. The Balaban J connectivity index is 2.11. The zero-order valence-corrected chi connectivity index (χ0v) is 11.6. The number of aromatic nitrogens is 1. The van der Waals surface area contributed by atoms with Crippen LogP contribution in [0.3, 0.4) is 0 Å². The number of nitrogens with zero attached hydrogens (tertiary/aromatic N) is 1. The minimum absolute atomic E-state index is 0.133. The van der Waals surface area contributed by atoms with Crippen LogP contribution in [0.15, 0.2) is 18.3 Å². The van der Waals surface area contributed by atoms with Gasteiger partial charge in [0, 0.05) is 6.26 Å². The number of aliphatic hydroxyl groups excluding tert-OH is 1. The van der Waals surface area contributed by atoms with Gasteiger partial charge in [0.05, 0.1) is 23.2 Å². The van der Waals surface area contributed by atoms with Crippen LogP contribution in [0.25, 0.3) is 0 Å². The first-order valence-corrected chi connectivity index (χ1v) is 8.32. The van der Waals surface area contributed by atoms with E-state index in [0.717, 1.165) is 19.0 Å². The first kappa shape index (κ1) is 14.4. The summed E-state index contributed by atoms with van der Waals surface area (Å²) in [4.78, 5) is 3.87. The number of pyridine rings is 1. The van der Waals surface area contributed by atoms with Crippen molar-refractivity contribution in [3.63, 3.8) is 0 Å². The largest absolute Gasteiger partial charge is 0.387 e. The smallest absolute Gasteiger partial charge is 0.150 e. The molecule has 3 unspecified atom stereocenters. The van der Waals surface area contributed by atoms with E-state index < -0.39 is 21.8 Å². The molecule has 1 aliphatic rings. The fourth-order valence-electron chi connectivity index (χ4n) is 2.66. The topological polar surface area (TPSA) is 67.3 Å². The molecule has 1 fully saturated rings. The van der Waals surface area contributed by atoms with Gasteiger partial charge in [0.15, 0.2) is 0 Å². The molecule has 0 amide bonds. The molecule has 0 bridgehead atoms. The summed E-state index contributed by atoms with van der Waals surface area (Å²) in [5.41, 5.74) is 0.403. The van der Waals surface area contributed by atoms with Crippen molar-refractivity contribution in [3.8, 4) is 0 Å². The lowest BCUT2D eigenvalue weighted by atomic mass is 9.83. The van der Waals surface area contributed by atoms with Gasteiger partial charge in [-0.1, -0.05) is 6.42 Å². The maximum absolute atomic E-state index is 12.8. The highest BCUT2D eigenvalue weighted by Crippen LogP contribution is 2.36. The predicted octanol–water partition coefficient (Wildman–Crippen LogP) is 1.86. The standard InChI is InChI=1S/C13H18FNO3S/c1-19(17,18)11-4-2-3-9(7-11)13(16)12-6-5-10(14)8-15-12/h5-6,8-9,11,13,16H,2-4,7H2,1H3. The number of aliphatic hydroxyl groups is 1. The molecule has 2 rings (SSSR count). The number of hydrogen-bond acceptors (Lipinski definition) is 4. The molecule has 1 N–H and O–H groups in total. The molecule has 3 atom stereocenters. The Morgan fingerprint density at radius 3 is 2.74 bits per heavy atom. The highest BCUT2D eigenvalue weighted by atomic mass is 32.2. The number of halogens is 1. The van der Waals surface area contributed by atoms with Gasteiger partial charge in [0.25, 0.3) is 0 Å². The lowest BCUT2D eigenvalue weighted by Gasteiger charge is -2.31. The Morgan fingerprint density at radius 2 is 2.16 bits per heavy atom. The van der Waals surface area contributed by atoms with E-state index in [1.807, 2.05) is 0 Å². The fourth-order valence-corrected chi connectivity index (χ4v) is 3.85. The van der Waals surface area contributed by atoms with Gasteiger partial charge in [-0.25, -0.2) is 12.8 Å². The molecule has 0 aromatic carbocycles. The Kier molecular flexibility index (Phi) is 4.20. The van der Waals surface area contributed by atoms with Gasteiger partial charge in [-0.3, -0.25) is 4.98 Å². The third kappa shape index (κ3) is 3.51. The Bertz CT molecular complexity index is 529. The minimum Gasteiger partial charge on any atom is -0.387 e. The average molecular weight is 287 g/mol. The molecule has 0 spiro atoms. The summed E-state index contributed by atoms with van der Waals surface area (Å²) in [7, 11) is -3.07. The van der Waals surface area contributed by atoms with Crippen LogP contribution in [0.5, 0.6) is 0 Å². The molecular weight excluding hydrogens is 269 g/mol. The van der Waals surface area contributed by atoms with Crippen LogP contribution in [-0.4, -0.2) is 30.0 Å². The van der Waals surface area contributed by atoms with Gasteiger partial charge >= 0.3 is 0 Å². The number of rotatable bonds is 3. The van der Waals surface area contributed by atoms with Crippen molar-refractivity contribution in [2.45, 2.75) is 37.0 Å². The lowest BCUT2D eigenvalue weighted by molar-refractivity contribution is 0.0819. The summed E-state index contributed by atoms with van der Waals surface area (Å²) < 4.78 is 36.0. The molecule has 0 radical (unpaired) electrons. The van der Waals surface area contributed by atoms with Gasteiger partial charge in [-0.15, -0.1) is 0 Å². The molecule has 4 nitrogen and oxygen atoms in total. The molecule has 1 aromatic rings. The maximum Gasteiger partial charge on any atom is 0.150 e. The quantitative estimate of drug-likeness (QED) is 0.921. The summed E-state index contributed by atoms with van der Waals surface area (Å²) in [6.45, 7) is 0.